The lowest BCUT2D eigenvalue weighted by molar-refractivity contribution is -0.129. The molecule has 1 heterocycles. The van der Waals surface area contributed by atoms with E-state index in [4.69, 9.17) is 5.73 Å². The van der Waals surface area contributed by atoms with Crippen molar-refractivity contribution in [3.05, 3.63) is 36.4 Å². The van der Waals surface area contributed by atoms with Crippen molar-refractivity contribution < 1.29 is 9.59 Å². The van der Waals surface area contributed by atoms with Crippen molar-refractivity contribution in [3.63, 3.8) is 0 Å². The van der Waals surface area contributed by atoms with Gasteiger partial charge < -0.3 is 16.4 Å². The predicted octanol–water partition coefficient (Wildman–Crippen LogP) is 4.12. The molecule has 0 saturated heterocycles. The Kier molecular flexibility index (Phi) is 4.49. The topological polar surface area (TPSA) is 84.2 Å². The third-order valence-corrected chi connectivity index (χ3v) is 9.16. The summed E-state index contributed by atoms with van der Waals surface area (Å²) >= 11 is 0. The number of nitrogen functional groups attached to an aromatic ring is 1. The number of benzene rings is 1. The number of fused-ring (bicyclic) bond motifs is 5. The Morgan fingerprint density at radius 1 is 1.13 bits per heavy atom. The third kappa shape index (κ3) is 2.89. The van der Waals surface area contributed by atoms with Gasteiger partial charge in [0.25, 0.3) is 0 Å². The maximum absolute atomic E-state index is 13.3. The van der Waals surface area contributed by atoms with Crippen molar-refractivity contribution in [2.24, 2.45) is 34.5 Å². The van der Waals surface area contributed by atoms with Gasteiger partial charge in [-0.05, 0) is 86.0 Å². The number of carbonyl (C=O) groups is 2. The Bertz CT molecular complexity index is 911. The first-order valence-corrected chi connectivity index (χ1v) is 11.5. The Balaban J connectivity index is 1.37. The van der Waals surface area contributed by atoms with E-state index in [0.29, 0.717) is 23.4 Å². The summed E-state index contributed by atoms with van der Waals surface area (Å²) in [6.07, 6.45) is 10.4. The first kappa shape index (κ1) is 19.7. The van der Waals surface area contributed by atoms with Crippen LogP contribution in [0.5, 0.6) is 0 Å². The molecular formula is C25H33N3O2. The summed E-state index contributed by atoms with van der Waals surface area (Å²) in [5.41, 5.74) is 7.44. The van der Waals surface area contributed by atoms with E-state index in [2.05, 4.69) is 30.6 Å². The van der Waals surface area contributed by atoms with Crippen LogP contribution in [0.4, 0.5) is 11.4 Å². The Morgan fingerprint density at radius 3 is 2.77 bits per heavy atom. The monoisotopic (exact) mass is 407 g/mol. The van der Waals surface area contributed by atoms with Crippen LogP contribution in [0.25, 0.3) is 0 Å². The van der Waals surface area contributed by atoms with Crippen molar-refractivity contribution in [3.8, 4) is 0 Å². The van der Waals surface area contributed by atoms with E-state index in [1.54, 1.807) is 6.08 Å². The molecule has 4 N–H and O–H groups in total. The third-order valence-electron chi connectivity index (χ3n) is 9.16. The maximum Gasteiger partial charge on any atom is 0.243 e. The van der Waals surface area contributed by atoms with Crippen LogP contribution in [0.1, 0.15) is 52.4 Å². The van der Waals surface area contributed by atoms with Gasteiger partial charge in [0, 0.05) is 28.7 Å². The highest BCUT2D eigenvalue weighted by Crippen LogP contribution is 2.65. The lowest BCUT2D eigenvalue weighted by Crippen LogP contribution is -2.59. The van der Waals surface area contributed by atoms with Gasteiger partial charge in [-0.15, -0.1) is 0 Å². The number of rotatable bonds is 2. The van der Waals surface area contributed by atoms with Gasteiger partial charge in [-0.25, -0.2) is 0 Å². The van der Waals surface area contributed by atoms with E-state index in [-0.39, 0.29) is 34.6 Å². The number of hydrogen-bond acceptors (Lipinski definition) is 3. The minimum atomic E-state index is 0.0417. The van der Waals surface area contributed by atoms with Crippen LogP contribution in [-0.4, -0.2) is 17.9 Å². The average molecular weight is 408 g/mol. The Morgan fingerprint density at radius 2 is 1.97 bits per heavy atom. The number of hydrogen-bond donors (Lipinski definition) is 3. The molecule has 5 nitrogen and oxygen atoms in total. The highest BCUT2D eigenvalue weighted by Gasteiger charge is 2.60. The van der Waals surface area contributed by atoms with E-state index < -0.39 is 0 Å². The molecule has 5 heteroatoms. The molecule has 1 aliphatic heterocycles. The molecule has 0 radical (unpaired) electrons. The number of nitrogens with two attached hydrogens (primary N) is 1. The molecule has 3 saturated carbocycles. The highest BCUT2D eigenvalue weighted by atomic mass is 16.2. The van der Waals surface area contributed by atoms with Crippen LogP contribution in [0.15, 0.2) is 36.4 Å². The van der Waals surface area contributed by atoms with Crippen molar-refractivity contribution >= 4 is 23.2 Å². The van der Waals surface area contributed by atoms with Gasteiger partial charge >= 0.3 is 0 Å². The van der Waals surface area contributed by atoms with Gasteiger partial charge in [0.05, 0.1) is 0 Å². The molecule has 2 amide bonds. The van der Waals surface area contributed by atoms with Gasteiger partial charge in [-0.3, -0.25) is 9.59 Å². The molecule has 5 rings (SSSR count). The van der Waals surface area contributed by atoms with Crippen LogP contribution < -0.4 is 16.4 Å². The molecule has 3 aliphatic carbocycles. The fourth-order valence-electron chi connectivity index (χ4n) is 7.61. The largest absolute Gasteiger partial charge is 0.399 e. The van der Waals surface area contributed by atoms with Gasteiger partial charge in [-0.1, -0.05) is 26.0 Å². The lowest BCUT2D eigenvalue weighted by atomic mass is 9.48. The fourth-order valence-corrected chi connectivity index (χ4v) is 7.61. The molecule has 30 heavy (non-hydrogen) atoms. The van der Waals surface area contributed by atoms with Crippen LogP contribution in [0.2, 0.25) is 0 Å². The minimum Gasteiger partial charge on any atom is -0.399 e. The summed E-state index contributed by atoms with van der Waals surface area (Å²) in [6.45, 7) is 4.70. The molecular weight excluding hydrogens is 374 g/mol. The summed E-state index contributed by atoms with van der Waals surface area (Å²) in [4.78, 5) is 25.2. The second-order valence-electron chi connectivity index (χ2n) is 10.5. The molecule has 4 aliphatic rings. The molecule has 160 valence electrons. The molecule has 0 unspecified atom stereocenters. The summed E-state index contributed by atoms with van der Waals surface area (Å²) in [5, 5.41) is 6.35. The van der Waals surface area contributed by atoms with Crippen LogP contribution in [-0.2, 0) is 9.59 Å². The average Bonchev–Trinajstić information content (AvgIpc) is 3.06. The van der Waals surface area contributed by atoms with Crippen LogP contribution in [0.3, 0.4) is 0 Å². The smallest absolute Gasteiger partial charge is 0.243 e. The standard InChI is InChI=1S/C25H33N3O2/c1-24-12-10-19-17(6-9-21-25(19,2)13-11-22(29)28-21)18(24)7-8-20(24)23(30)27-16-5-3-4-15(26)14-16/h3-5,11,13-14,17-21H,6-10,12,26H2,1-2H3,(H,27,30)(H,28,29)/t17-,18-,19-,20+,21+,24-,25+/m0/s1. The zero-order valence-corrected chi connectivity index (χ0v) is 18.0. The first-order chi connectivity index (χ1) is 14.3. The van der Waals surface area contributed by atoms with E-state index in [0.717, 1.165) is 44.2 Å². The van der Waals surface area contributed by atoms with Crippen molar-refractivity contribution in [1.82, 2.24) is 5.32 Å². The highest BCUT2D eigenvalue weighted by molar-refractivity contribution is 5.93. The van der Waals surface area contributed by atoms with Gasteiger partial charge in [0.1, 0.15) is 0 Å². The van der Waals surface area contributed by atoms with E-state index in [9.17, 15) is 9.59 Å². The molecule has 0 spiro atoms. The Hall–Kier alpha value is -2.30. The van der Waals surface area contributed by atoms with Crippen LogP contribution >= 0.6 is 0 Å². The zero-order valence-electron chi connectivity index (χ0n) is 18.0. The van der Waals surface area contributed by atoms with Gasteiger partial charge in [0.15, 0.2) is 0 Å². The molecule has 1 aromatic rings. The molecule has 1 aromatic carbocycles. The molecule has 3 fully saturated rings. The summed E-state index contributed by atoms with van der Waals surface area (Å²) in [6, 6.07) is 7.71. The van der Waals surface area contributed by atoms with Gasteiger partial charge in [0.2, 0.25) is 11.8 Å². The molecule has 7 atom stereocenters. The summed E-state index contributed by atoms with van der Waals surface area (Å²) in [7, 11) is 0. The van der Waals surface area contributed by atoms with E-state index in [1.807, 2.05) is 24.3 Å². The SMILES string of the molecule is C[C@]12C=CC(=O)N[C@@H]1CC[C@@H]1[C@@H]2CC[C@]2(C)[C@@H](C(=O)Nc3cccc(N)c3)CC[C@@H]12. The molecule has 0 bridgehead atoms. The zero-order chi connectivity index (χ0) is 21.1. The second kappa shape index (κ2) is 6.86. The van der Waals surface area contributed by atoms with Crippen LogP contribution in [0, 0.1) is 34.5 Å². The first-order valence-electron chi connectivity index (χ1n) is 11.5. The summed E-state index contributed by atoms with van der Waals surface area (Å²) < 4.78 is 0. The molecule has 0 aromatic heterocycles. The maximum atomic E-state index is 13.3. The number of nitrogens with one attached hydrogen (secondary N) is 2. The lowest BCUT2D eigenvalue weighted by Gasteiger charge is -2.58. The van der Waals surface area contributed by atoms with E-state index >= 15 is 0 Å². The Labute approximate surface area is 178 Å². The predicted molar refractivity (Wildman–Crippen MR) is 118 cm³/mol. The van der Waals surface area contributed by atoms with Crippen molar-refractivity contribution in [2.45, 2.75) is 58.4 Å². The number of carbonyl (C=O) groups excluding carboxylic acids is 2. The number of anilines is 2. The quantitative estimate of drug-likeness (QED) is 0.645. The van der Waals surface area contributed by atoms with Crippen molar-refractivity contribution in [2.75, 3.05) is 11.1 Å². The summed E-state index contributed by atoms with van der Waals surface area (Å²) in [5.74, 6) is 2.05. The fraction of sp³-hybridized carbons (Fsp3) is 0.600. The normalized spacial score (nSPS) is 41.9. The second-order valence-corrected chi connectivity index (χ2v) is 10.5. The minimum absolute atomic E-state index is 0.0417. The van der Waals surface area contributed by atoms with Crippen molar-refractivity contribution in [1.29, 1.82) is 0 Å². The van der Waals surface area contributed by atoms with E-state index in [1.165, 1.54) is 0 Å². The van der Waals surface area contributed by atoms with Gasteiger partial charge in [-0.2, -0.15) is 0 Å². The number of amides is 2.